The van der Waals surface area contributed by atoms with Crippen molar-refractivity contribution >= 4 is 34.7 Å². The number of aromatic hydroxyl groups is 1. The fourth-order valence-corrected chi connectivity index (χ4v) is 7.50. The Balaban J connectivity index is 0.860. The molecule has 0 fully saturated rings. The molecule has 3 N–H and O–H groups in total. The van der Waals surface area contributed by atoms with E-state index in [1.165, 1.54) is 6.07 Å². The second kappa shape index (κ2) is 30.1. The zero-order valence-electron chi connectivity index (χ0n) is 39.7. The van der Waals surface area contributed by atoms with Crippen LogP contribution < -0.4 is 16.2 Å². The van der Waals surface area contributed by atoms with Crippen LogP contribution >= 0.6 is 0 Å². The Hall–Kier alpha value is -5.79. The highest BCUT2D eigenvalue weighted by molar-refractivity contribution is 5.91. The number of nitrogens with one attached hydrogen (secondary N) is 2. The minimum atomic E-state index is -1.97. The van der Waals surface area contributed by atoms with Crippen molar-refractivity contribution in [3.63, 3.8) is 0 Å². The number of hydrogen-bond donors (Lipinski definition) is 3. The zero-order chi connectivity index (χ0) is 50.0. The lowest BCUT2D eigenvalue weighted by molar-refractivity contribution is -0.189. The van der Waals surface area contributed by atoms with E-state index in [2.05, 4.69) is 20.7 Å². The van der Waals surface area contributed by atoms with Gasteiger partial charge in [0.15, 0.2) is 0 Å². The SMILES string of the molecule is CCc1c2c(nc3ccc(O)cc13)-c1cc3c(c(=O)n1C2)COC(=O)[C@@]3(CC)OC(=O)CNC(=O)COCC(=O)NCCOCCOCCOCCOCCOCCOCCOCCOCCN=[N+]=[N-]. The Morgan fingerprint density at radius 3 is 1.89 bits per heavy atom. The molecule has 0 saturated heterocycles. The number of carbonyl (C=O) groups excluding carboxylic acids is 4. The standard InChI is InChI=1S/C46H63N7O17/c1-3-33-34-25-32(54)5-6-38(34)51-43-35(33)28-53-39(43)26-37-36(44(53)58)29-69-45(59)46(37,4-2)70-42(57)27-49-41(56)31-68-30-40(55)48-7-9-60-11-13-62-15-17-64-19-21-66-23-24-67-22-20-65-18-16-63-14-12-61-10-8-50-52-47/h5-6,25-26,54H,3-4,7-24,27-31H2,1-2H3,(H,48,55)(H,49,56)/t46-/m0/s1. The molecule has 24 nitrogen and oxygen atoms in total. The summed E-state index contributed by atoms with van der Waals surface area (Å²) in [5, 5.41) is 19.3. The molecule has 3 aromatic rings. The topological polar surface area (TPSA) is 298 Å². The lowest BCUT2D eigenvalue weighted by atomic mass is 9.85. The van der Waals surface area contributed by atoms with E-state index in [0.29, 0.717) is 129 Å². The van der Waals surface area contributed by atoms with Crippen molar-refractivity contribution in [2.45, 2.75) is 45.4 Å². The summed E-state index contributed by atoms with van der Waals surface area (Å²) in [5.74, 6) is -2.92. The van der Waals surface area contributed by atoms with Gasteiger partial charge in [0.25, 0.3) is 5.56 Å². The number of ether oxygens (including phenoxy) is 11. The average Bonchev–Trinajstić information content (AvgIpc) is 3.72. The summed E-state index contributed by atoms with van der Waals surface area (Å²) in [7, 11) is 0. The van der Waals surface area contributed by atoms with Crippen LogP contribution in [0, 0.1) is 0 Å². The van der Waals surface area contributed by atoms with Crippen LogP contribution in [0.3, 0.4) is 0 Å². The number of fused-ring (bicyclic) bond motifs is 5. The van der Waals surface area contributed by atoms with Crippen LogP contribution in [0.25, 0.3) is 32.7 Å². The minimum absolute atomic E-state index is 0.0666. The second-order valence-electron chi connectivity index (χ2n) is 15.5. The fourth-order valence-electron chi connectivity index (χ4n) is 7.50. The lowest BCUT2D eigenvalue weighted by Gasteiger charge is -2.35. The molecule has 2 aromatic heterocycles. The third-order valence-corrected chi connectivity index (χ3v) is 10.9. The third kappa shape index (κ3) is 16.4. The van der Waals surface area contributed by atoms with E-state index >= 15 is 0 Å². The fraction of sp³-hybridized carbons (Fsp3) is 0.609. The minimum Gasteiger partial charge on any atom is -0.508 e. The van der Waals surface area contributed by atoms with E-state index in [9.17, 15) is 29.1 Å². The monoisotopic (exact) mass is 985 g/mol. The molecule has 384 valence electrons. The predicted molar refractivity (Wildman–Crippen MR) is 247 cm³/mol. The van der Waals surface area contributed by atoms with Crippen molar-refractivity contribution in [1.82, 2.24) is 20.2 Å². The molecule has 2 amide bonds. The van der Waals surface area contributed by atoms with E-state index in [1.807, 2.05) is 6.92 Å². The highest BCUT2D eigenvalue weighted by Crippen LogP contribution is 2.42. The Morgan fingerprint density at radius 1 is 0.771 bits per heavy atom. The van der Waals surface area contributed by atoms with Crippen molar-refractivity contribution < 1.29 is 76.4 Å². The molecule has 0 saturated carbocycles. The van der Waals surface area contributed by atoms with Crippen LogP contribution in [0.4, 0.5) is 0 Å². The van der Waals surface area contributed by atoms with Gasteiger partial charge in [-0.25, -0.2) is 9.78 Å². The second-order valence-corrected chi connectivity index (χ2v) is 15.5. The molecule has 0 bridgehead atoms. The van der Waals surface area contributed by atoms with Crippen molar-refractivity contribution in [2.24, 2.45) is 5.11 Å². The maximum Gasteiger partial charge on any atom is 0.355 e. The molecule has 0 spiro atoms. The number of azide groups is 1. The zero-order valence-corrected chi connectivity index (χ0v) is 39.7. The summed E-state index contributed by atoms with van der Waals surface area (Å²) in [6.45, 7) is 8.76. The molecule has 4 heterocycles. The van der Waals surface area contributed by atoms with Crippen LogP contribution in [0.5, 0.6) is 5.75 Å². The number of rotatable bonds is 36. The van der Waals surface area contributed by atoms with Crippen LogP contribution in [-0.2, 0) is 96.5 Å². The van der Waals surface area contributed by atoms with E-state index in [-0.39, 0.29) is 49.6 Å². The van der Waals surface area contributed by atoms with Gasteiger partial charge in [0, 0.05) is 34.5 Å². The molecule has 70 heavy (non-hydrogen) atoms. The third-order valence-electron chi connectivity index (χ3n) is 10.9. The Kier molecular flexibility index (Phi) is 23.7. The molecule has 0 radical (unpaired) electrons. The number of phenolic OH excluding ortho intramolecular Hbond substituents is 1. The molecular formula is C46H63N7O17. The number of pyridine rings is 2. The number of carbonyl (C=O) groups is 4. The number of aryl methyl sites for hydroxylation is 1. The summed E-state index contributed by atoms with van der Waals surface area (Å²) in [6.07, 6.45) is 0.545. The highest BCUT2D eigenvalue weighted by atomic mass is 16.6. The van der Waals surface area contributed by atoms with Gasteiger partial charge >= 0.3 is 11.9 Å². The van der Waals surface area contributed by atoms with E-state index in [4.69, 9.17) is 62.6 Å². The number of aromatic nitrogens is 2. The first-order chi connectivity index (χ1) is 34.1. The normalized spacial score (nSPS) is 14.6. The molecule has 1 aromatic carbocycles. The summed E-state index contributed by atoms with van der Waals surface area (Å²) >= 11 is 0. The van der Waals surface area contributed by atoms with Gasteiger partial charge in [-0.2, -0.15) is 0 Å². The number of amides is 2. The number of benzene rings is 1. The number of esters is 2. The first kappa shape index (κ1) is 55.1. The van der Waals surface area contributed by atoms with Crippen LogP contribution in [0.2, 0.25) is 0 Å². The van der Waals surface area contributed by atoms with Gasteiger partial charge in [-0.15, -0.1) is 0 Å². The Morgan fingerprint density at radius 2 is 1.33 bits per heavy atom. The van der Waals surface area contributed by atoms with Crippen LogP contribution in [0.15, 0.2) is 34.2 Å². The molecule has 0 unspecified atom stereocenters. The van der Waals surface area contributed by atoms with Gasteiger partial charge in [0.1, 0.15) is 32.1 Å². The molecular weight excluding hydrogens is 923 g/mol. The van der Waals surface area contributed by atoms with Crippen molar-refractivity contribution in [3.05, 3.63) is 67.3 Å². The lowest BCUT2D eigenvalue weighted by Crippen LogP contribution is -2.49. The summed E-state index contributed by atoms with van der Waals surface area (Å²) in [5.41, 5.74) is 9.53. The molecule has 1 atom stereocenters. The Labute approximate surface area is 404 Å². The van der Waals surface area contributed by atoms with Crippen LogP contribution in [0.1, 0.15) is 42.5 Å². The summed E-state index contributed by atoms with van der Waals surface area (Å²) in [6, 6.07) is 6.53. The summed E-state index contributed by atoms with van der Waals surface area (Å²) < 4.78 is 61.2. The molecule has 5 rings (SSSR count). The first-order valence-corrected chi connectivity index (χ1v) is 23.2. The van der Waals surface area contributed by atoms with Gasteiger partial charge in [0.2, 0.25) is 17.4 Å². The van der Waals surface area contributed by atoms with Gasteiger partial charge in [0.05, 0.1) is 135 Å². The quantitative estimate of drug-likeness (QED) is 0.0192. The number of phenols is 1. The number of cyclic esters (lactones) is 1. The highest BCUT2D eigenvalue weighted by Gasteiger charge is 2.50. The first-order valence-electron chi connectivity index (χ1n) is 23.2. The van der Waals surface area contributed by atoms with Crippen molar-refractivity contribution in [1.29, 1.82) is 0 Å². The Bertz CT molecular complexity index is 2310. The van der Waals surface area contributed by atoms with Crippen LogP contribution in [-0.4, -0.2) is 177 Å². The van der Waals surface area contributed by atoms with Gasteiger partial charge in [-0.05, 0) is 48.2 Å². The van der Waals surface area contributed by atoms with E-state index < -0.39 is 54.7 Å². The molecule has 2 aliphatic heterocycles. The van der Waals surface area contributed by atoms with Gasteiger partial charge < -0.3 is 72.4 Å². The smallest absolute Gasteiger partial charge is 0.355 e. The van der Waals surface area contributed by atoms with E-state index in [0.717, 1.165) is 16.5 Å². The predicted octanol–water partition coefficient (Wildman–Crippen LogP) is 1.59. The summed E-state index contributed by atoms with van der Waals surface area (Å²) in [4.78, 5) is 72.7. The maximum absolute atomic E-state index is 14.0. The van der Waals surface area contributed by atoms with Gasteiger partial charge in [-0.1, -0.05) is 19.0 Å². The van der Waals surface area contributed by atoms with Crippen molar-refractivity contribution in [3.8, 4) is 17.1 Å². The largest absolute Gasteiger partial charge is 0.508 e. The van der Waals surface area contributed by atoms with Gasteiger partial charge in [-0.3, -0.25) is 19.2 Å². The molecule has 2 aliphatic rings. The average molecular weight is 986 g/mol. The van der Waals surface area contributed by atoms with Crippen molar-refractivity contribution in [2.75, 3.05) is 139 Å². The maximum atomic E-state index is 14.0. The van der Waals surface area contributed by atoms with E-state index in [1.54, 1.807) is 29.7 Å². The number of hydrogen-bond acceptors (Lipinski definition) is 19. The number of nitrogens with zero attached hydrogens (tertiary/aromatic N) is 5. The molecule has 24 heteroatoms. The molecule has 0 aliphatic carbocycles.